The average Bonchev–Trinajstić information content (AvgIpc) is 2.17. The summed E-state index contributed by atoms with van der Waals surface area (Å²) in [5, 5.41) is 0. The standard InChI is InChI=1S/C12H16FN/c1-5-7-9-14-11(4)12(13)10(3)8-6-2/h5-9H,3H2,1-2,4H3/b7-5+,8-6+,12-11+,14-9+. The van der Waals surface area contributed by atoms with E-state index in [2.05, 4.69) is 11.6 Å². The van der Waals surface area contributed by atoms with Gasteiger partial charge in [-0.05, 0) is 26.8 Å². The van der Waals surface area contributed by atoms with Gasteiger partial charge in [-0.25, -0.2) is 4.39 Å². The Morgan fingerprint density at radius 2 is 1.93 bits per heavy atom. The van der Waals surface area contributed by atoms with Crippen molar-refractivity contribution in [2.24, 2.45) is 4.99 Å². The number of rotatable bonds is 4. The molecule has 0 fully saturated rings. The van der Waals surface area contributed by atoms with Crippen molar-refractivity contribution < 1.29 is 4.39 Å². The third kappa shape index (κ3) is 4.55. The van der Waals surface area contributed by atoms with Crippen molar-refractivity contribution in [1.82, 2.24) is 0 Å². The van der Waals surface area contributed by atoms with Gasteiger partial charge in [0.2, 0.25) is 0 Å². The van der Waals surface area contributed by atoms with Crippen LogP contribution in [0.25, 0.3) is 0 Å². The first-order chi connectivity index (χ1) is 6.63. The Hall–Kier alpha value is -1.44. The first-order valence-corrected chi connectivity index (χ1v) is 4.47. The number of aliphatic imine (C=N–C) groups is 1. The lowest BCUT2D eigenvalue weighted by molar-refractivity contribution is 0.643. The molecule has 0 N–H and O–H groups in total. The van der Waals surface area contributed by atoms with E-state index in [0.717, 1.165) is 0 Å². The monoisotopic (exact) mass is 193 g/mol. The average molecular weight is 193 g/mol. The molecule has 0 heterocycles. The van der Waals surface area contributed by atoms with Gasteiger partial charge in [0.25, 0.3) is 0 Å². The molecule has 0 saturated carbocycles. The number of hydrogen-bond acceptors (Lipinski definition) is 1. The summed E-state index contributed by atoms with van der Waals surface area (Å²) in [7, 11) is 0. The summed E-state index contributed by atoms with van der Waals surface area (Å²) in [4.78, 5) is 3.92. The van der Waals surface area contributed by atoms with Crippen LogP contribution in [0.4, 0.5) is 4.39 Å². The summed E-state index contributed by atoms with van der Waals surface area (Å²) < 4.78 is 13.4. The third-order valence-corrected chi connectivity index (χ3v) is 1.51. The zero-order valence-electron chi connectivity index (χ0n) is 8.92. The molecule has 0 aromatic heterocycles. The quantitative estimate of drug-likeness (QED) is 0.473. The van der Waals surface area contributed by atoms with Gasteiger partial charge in [-0.2, -0.15) is 0 Å². The second-order valence-corrected chi connectivity index (χ2v) is 2.73. The Bertz CT molecular complexity index is 306. The highest BCUT2D eigenvalue weighted by Crippen LogP contribution is 2.16. The molecule has 0 unspecified atom stereocenters. The molecule has 0 aromatic carbocycles. The highest BCUT2D eigenvalue weighted by Gasteiger charge is 2.01. The van der Waals surface area contributed by atoms with Crippen molar-refractivity contribution in [2.45, 2.75) is 20.8 Å². The first kappa shape index (κ1) is 12.6. The summed E-state index contributed by atoms with van der Waals surface area (Å²) in [6.07, 6.45) is 8.48. The van der Waals surface area contributed by atoms with E-state index < -0.39 is 0 Å². The minimum Gasteiger partial charge on any atom is -0.259 e. The predicted molar refractivity (Wildman–Crippen MR) is 61.1 cm³/mol. The molecule has 0 bridgehead atoms. The summed E-state index contributed by atoms with van der Waals surface area (Å²) >= 11 is 0. The molecule has 0 atom stereocenters. The van der Waals surface area contributed by atoms with Crippen LogP contribution in [0.5, 0.6) is 0 Å². The van der Waals surface area contributed by atoms with Gasteiger partial charge in [-0.15, -0.1) is 0 Å². The first-order valence-electron chi connectivity index (χ1n) is 4.47. The molecule has 76 valence electrons. The maximum absolute atomic E-state index is 13.4. The summed E-state index contributed by atoms with van der Waals surface area (Å²) in [5.74, 6) is -0.371. The molecule has 0 aliphatic carbocycles. The maximum atomic E-state index is 13.4. The highest BCUT2D eigenvalue weighted by molar-refractivity contribution is 5.72. The highest BCUT2D eigenvalue weighted by atomic mass is 19.1. The fraction of sp³-hybridized carbons (Fsp3) is 0.250. The topological polar surface area (TPSA) is 12.4 Å². The van der Waals surface area contributed by atoms with E-state index >= 15 is 0 Å². The molecule has 0 aromatic rings. The van der Waals surface area contributed by atoms with Crippen LogP contribution in [0.1, 0.15) is 20.8 Å². The fourth-order valence-corrected chi connectivity index (χ4v) is 0.804. The van der Waals surface area contributed by atoms with Gasteiger partial charge < -0.3 is 0 Å². The molecule has 0 aliphatic rings. The molecule has 1 nitrogen and oxygen atoms in total. The van der Waals surface area contributed by atoms with Gasteiger partial charge in [0, 0.05) is 11.8 Å². The number of allylic oxidation sites excluding steroid dienone is 7. The molecule has 0 spiro atoms. The van der Waals surface area contributed by atoms with E-state index in [1.165, 1.54) is 0 Å². The smallest absolute Gasteiger partial charge is 0.150 e. The minimum atomic E-state index is -0.371. The van der Waals surface area contributed by atoms with Crippen molar-refractivity contribution in [3.05, 3.63) is 48.0 Å². The van der Waals surface area contributed by atoms with Crippen molar-refractivity contribution in [3.8, 4) is 0 Å². The zero-order valence-corrected chi connectivity index (χ0v) is 8.92. The van der Waals surface area contributed by atoms with Crippen molar-refractivity contribution >= 4 is 6.21 Å². The van der Waals surface area contributed by atoms with Crippen molar-refractivity contribution in [2.75, 3.05) is 0 Å². The van der Waals surface area contributed by atoms with Gasteiger partial charge in [-0.3, -0.25) is 4.99 Å². The van der Waals surface area contributed by atoms with E-state index in [4.69, 9.17) is 0 Å². The van der Waals surface area contributed by atoms with Crippen LogP contribution in [-0.4, -0.2) is 6.21 Å². The van der Waals surface area contributed by atoms with Crippen LogP contribution in [0.15, 0.2) is 53.0 Å². The van der Waals surface area contributed by atoms with E-state index in [1.54, 1.807) is 31.4 Å². The van der Waals surface area contributed by atoms with Gasteiger partial charge >= 0.3 is 0 Å². The Labute approximate surface area is 85.1 Å². The van der Waals surface area contributed by atoms with E-state index in [-0.39, 0.29) is 5.83 Å². The largest absolute Gasteiger partial charge is 0.259 e. The maximum Gasteiger partial charge on any atom is 0.150 e. The van der Waals surface area contributed by atoms with Gasteiger partial charge in [-0.1, -0.05) is 24.8 Å². The SMILES string of the molecule is C=C(/C=C/C)\C(F)=C(C)/N=C/C=C/C. The molecule has 14 heavy (non-hydrogen) atoms. The second kappa shape index (κ2) is 7.01. The lowest BCUT2D eigenvalue weighted by atomic mass is 10.2. The van der Waals surface area contributed by atoms with Gasteiger partial charge in [0.1, 0.15) is 0 Å². The molecule has 0 aliphatic heterocycles. The number of halogens is 1. The van der Waals surface area contributed by atoms with Crippen LogP contribution >= 0.6 is 0 Å². The predicted octanol–water partition coefficient (Wildman–Crippen LogP) is 3.97. The van der Waals surface area contributed by atoms with Crippen LogP contribution < -0.4 is 0 Å². The minimum absolute atomic E-state index is 0.339. The van der Waals surface area contributed by atoms with Crippen molar-refractivity contribution in [3.63, 3.8) is 0 Å². The lowest BCUT2D eigenvalue weighted by Gasteiger charge is -1.97. The Morgan fingerprint density at radius 3 is 2.43 bits per heavy atom. The second-order valence-electron chi connectivity index (χ2n) is 2.73. The van der Waals surface area contributed by atoms with Crippen LogP contribution in [0.2, 0.25) is 0 Å². The molecule has 0 amide bonds. The molecule has 0 rings (SSSR count). The molecule has 2 heteroatoms. The Kier molecular flexibility index (Phi) is 6.29. The van der Waals surface area contributed by atoms with Crippen LogP contribution in [0, 0.1) is 0 Å². The zero-order chi connectivity index (χ0) is 11.0. The summed E-state index contributed by atoms with van der Waals surface area (Å²) in [5.41, 5.74) is 0.689. The van der Waals surface area contributed by atoms with Gasteiger partial charge in [0.05, 0.1) is 5.70 Å². The molecular formula is C12H16FN. The van der Waals surface area contributed by atoms with Crippen LogP contribution in [0.3, 0.4) is 0 Å². The number of nitrogens with zero attached hydrogens (tertiary/aromatic N) is 1. The van der Waals surface area contributed by atoms with E-state index in [9.17, 15) is 4.39 Å². The summed E-state index contributed by atoms with van der Waals surface area (Å²) in [6, 6.07) is 0. The van der Waals surface area contributed by atoms with Crippen LogP contribution in [-0.2, 0) is 0 Å². The van der Waals surface area contributed by atoms with E-state index in [1.807, 2.05) is 19.9 Å². The Balaban J connectivity index is 4.66. The number of hydrogen-bond donors (Lipinski definition) is 0. The third-order valence-electron chi connectivity index (χ3n) is 1.51. The fourth-order valence-electron chi connectivity index (χ4n) is 0.804. The normalized spacial score (nSPS) is 14.3. The lowest BCUT2D eigenvalue weighted by Crippen LogP contribution is -1.82. The van der Waals surface area contributed by atoms with Crippen molar-refractivity contribution in [1.29, 1.82) is 0 Å². The molecule has 0 radical (unpaired) electrons. The molecular weight excluding hydrogens is 177 g/mol. The Morgan fingerprint density at radius 1 is 1.29 bits per heavy atom. The molecule has 0 saturated heterocycles. The van der Waals surface area contributed by atoms with Gasteiger partial charge in [0.15, 0.2) is 5.83 Å². The van der Waals surface area contributed by atoms with E-state index in [0.29, 0.717) is 11.3 Å². The summed E-state index contributed by atoms with van der Waals surface area (Å²) in [6.45, 7) is 8.89.